The molecule has 1 heterocycles. The molecule has 4 heteroatoms. The van der Waals surface area contributed by atoms with Gasteiger partial charge >= 0.3 is 0 Å². The molecule has 2 rings (SSSR count). The molecule has 0 bridgehead atoms. The van der Waals surface area contributed by atoms with Crippen LogP contribution >= 0.6 is 12.2 Å². The number of fused-ring (bicyclic) bond motifs is 1. The minimum atomic E-state index is 0.143. The van der Waals surface area contributed by atoms with Crippen LogP contribution in [0.1, 0.15) is 0 Å². The Labute approximate surface area is 85.7 Å². The first kappa shape index (κ1) is 8.81. The van der Waals surface area contributed by atoms with Crippen molar-refractivity contribution in [2.75, 3.05) is 0 Å². The smallest absolute Gasteiger partial charge is 0.141 e. The van der Waals surface area contributed by atoms with Gasteiger partial charge in [0.15, 0.2) is 0 Å². The summed E-state index contributed by atoms with van der Waals surface area (Å²) in [6.45, 7) is 0. The van der Waals surface area contributed by atoms with Crippen LogP contribution in [0.5, 0.6) is 5.75 Å². The fraction of sp³-hybridized carbons (Fsp3) is 0. The summed E-state index contributed by atoms with van der Waals surface area (Å²) >= 11 is 4.53. The number of nitrogens with zero attached hydrogens (tertiary/aromatic N) is 2. The Hall–Kier alpha value is -1.77. The number of isothiocyanates is 1. The number of phenolic OH excluding ortho intramolecular Hbond substituents is 1. The van der Waals surface area contributed by atoms with Gasteiger partial charge < -0.3 is 5.11 Å². The third-order valence-electron chi connectivity index (χ3n) is 1.89. The normalized spacial score (nSPS) is 9.71. The summed E-state index contributed by atoms with van der Waals surface area (Å²) in [6.07, 6.45) is 1.62. The van der Waals surface area contributed by atoms with E-state index in [9.17, 15) is 5.11 Å². The van der Waals surface area contributed by atoms with E-state index in [1.54, 1.807) is 24.4 Å². The molecule has 68 valence electrons. The Balaban J connectivity index is 2.88. The van der Waals surface area contributed by atoms with E-state index in [2.05, 4.69) is 27.4 Å². The molecule has 0 aliphatic heterocycles. The standard InChI is InChI=1S/C10H6N2OS/c13-9-4-3-8(12-6-14)7-2-1-5-11-10(7)9/h1-5,13H. The Bertz CT molecular complexity index is 533. The molecule has 3 nitrogen and oxygen atoms in total. The third-order valence-corrected chi connectivity index (χ3v) is 1.98. The van der Waals surface area contributed by atoms with Crippen molar-refractivity contribution < 1.29 is 5.11 Å². The molecule has 0 radical (unpaired) electrons. The molecule has 1 N–H and O–H groups in total. The van der Waals surface area contributed by atoms with E-state index in [0.717, 1.165) is 5.39 Å². The first-order valence-corrected chi connectivity index (χ1v) is 4.38. The molecule has 2 aromatic rings. The van der Waals surface area contributed by atoms with E-state index in [4.69, 9.17) is 0 Å². The molecule has 0 atom stereocenters. The molecule has 0 spiro atoms. The van der Waals surface area contributed by atoms with Gasteiger partial charge in [-0.3, -0.25) is 4.98 Å². The maximum Gasteiger partial charge on any atom is 0.141 e. The average molecular weight is 202 g/mol. The minimum absolute atomic E-state index is 0.143. The number of hydrogen-bond donors (Lipinski definition) is 1. The quantitative estimate of drug-likeness (QED) is 0.571. The second-order valence-corrected chi connectivity index (χ2v) is 2.89. The Kier molecular flexibility index (Phi) is 2.23. The molecular weight excluding hydrogens is 196 g/mol. The van der Waals surface area contributed by atoms with Crippen LogP contribution in [0.25, 0.3) is 10.9 Å². The first-order chi connectivity index (χ1) is 6.83. The monoisotopic (exact) mass is 202 g/mol. The lowest BCUT2D eigenvalue weighted by atomic mass is 10.2. The third kappa shape index (κ3) is 1.37. The van der Waals surface area contributed by atoms with Crippen molar-refractivity contribution in [3.05, 3.63) is 30.5 Å². The van der Waals surface area contributed by atoms with E-state index >= 15 is 0 Å². The highest BCUT2D eigenvalue weighted by Crippen LogP contribution is 2.30. The van der Waals surface area contributed by atoms with Crippen molar-refractivity contribution in [2.24, 2.45) is 4.99 Å². The molecule has 1 aromatic heterocycles. The Morgan fingerprint density at radius 2 is 2.21 bits per heavy atom. The van der Waals surface area contributed by atoms with Crippen molar-refractivity contribution in [2.45, 2.75) is 0 Å². The number of thiocarbonyl (C=S) groups is 1. The van der Waals surface area contributed by atoms with E-state index in [1.807, 2.05) is 6.07 Å². The fourth-order valence-electron chi connectivity index (χ4n) is 1.29. The summed E-state index contributed by atoms with van der Waals surface area (Å²) in [5.41, 5.74) is 1.19. The number of aliphatic imine (C=N–C) groups is 1. The molecule has 0 unspecified atom stereocenters. The van der Waals surface area contributed by atoms with E-state index in [1.165, 1.54) is 0 Å². The predicted octanol–water partition coefficient (Wildman–Crippen LogP) is 2.67. The molecule has 14 heavy (non-hydrogen) atoms. The molecule has 0 fully saturated rings. The van der Waals surface area contributed by atoms with E-state index in [0.29, 0.717) is 11.2 Å². The second kappa shape index (κ2) is 3.54. The summed E-state index contributed by atoms with van der Waals surface area (Å²) < 4.78 is 0. The van der Waals surface area contributed by atoms with Crippen LogP contribution in [0.2, 0.25) is 0 Å². The van der Waals surface area contributed by atoms with Crippen molar-refractivity contribution in [1.29, 1.82) is 0 Å². The van der Waals surface area contributed by atoms with Crippen LogP contribution < -0.4 is 0 Å². The van der Waals surface area contributed by atoms with E-state index < -0.39 is 0 Å². The van der Waals surface area contributed by atoms with Gasteiger partial charge in [0.1, 0.15) is 11.3 Å². The maximum absolute atomic E-state index is 9.51. The van der Waals surface area contributed by atoms with Gasteiger partial charge in [0.2, 0.25) is 0 Å². The average Bonchev–Trinajstić information content (AvgIpc) is 2.23. The van der Waals surface area contributed by atoms with Crippen molar-refractivity contribution in [3.63, 3.8) is 0 Å². The number of phenols is 1. The van der Waals surface area contributed by atoms with Gasteiger partial charge in [0.25, 0.3) is 0 Å². The largest absolute Gasteiger partial charge is 0.506 e. The van der Waals surface area contributed by atoms with Gasteiger partial charge in [-0.05, 0) is 36.5 Å². The molecular formula is C10H6N2OS. The molecule has 0 aliphatic carbocycles. The second-order valence-electron chi connectivity index (χ2n) is 2.71. The summed E-state index contributed by atoms with van der Waals surface area (Å²) in [4.78, 5) is 7.94. The number of aromatic nitrogens is 1. The van der Waals surface area contributed by atoms with Crippen LogP contribution in [0.15, 0.2) is 35.5 Å². The van der Waals surface area contributed by atoms with Gasteiger partial charge in [0.05, 0.1) is 10.8 Å². The van der Waals surface area contributed by atoms with Gasteiger partial charge in [-0.15, -0.1) is 0 Å². The van der Waals surface area contributed by atoms with Crippen LogP contribution in [-0.4, -0.2) is 15.3 Å². The fourth-order valence-corrected chi connectivity index (χ4v) is 1.39. The SMILES string of the molecule is Oc1ccc(N=C=S)c2cccnc12. The van der Waals surface area contributed by atoms with Gasteiger partial charge in [0, 0.05) is 11.6 Å². The highest BCUT2D eigenvalue weighted by Gasteiger charge is 2.03. The van der Waals surface area contributed by atoms with Crippen molar-refractivity contribution in [1.82, 2.24) is 4.98 Å². The summed E-state index contributed by atoms with van der Waals surface area (Å²) in [5, 5.41) is 12.6. The highest BCUT2D eigenvalue weighted by molar-refractivity contribution is 7.78. The predicted molar refractivity (Wildman–Crippen MR) is 58.1 cm³/mol. The molecule has 1 aromatic carbocycles. The topological polar surface area (TPSA) is 45.5 Å². The van der Waals surface area contributed by atoms with Gasteiger partial charge in [-0.2, -0.15) is 4.99 Å². The number of benzene rings is 1. The number of hydrogen-bond acceptors (Lipinski definition) is 4. The molecule has 0 amide bonds. The Morgan fingerprint density at radius 3 is 3.00 bits per heavy atom. The lowest BCUT2D eigenvalue weighted by Gasteiger charge is -2.01. The molecule has 0 saturated carbocycles. The van der Waals surface area contributed by atoms with Crippen LogP contribution in [-0.2, 0) is 0 Å². The Morgan fingerprint density at radius 1 is 1.36 bits per heavy atom. The number of aromatic hydroxyl groups is 1. The summed E-state index contributed by atoms with van der Waals surface area (Å²) in [6, 6.07) is 6.83. The highest BCUT2D eigenvalue weighted by atomic mass is 32.1. The summed E-state index contributed by atoms with van der Waals surface area (Å²) in [5.74, 6) is 0.143. The maximum atomic E-state index is 9.51. The molecule has 0 aliphatic rings. The van der Waals surface area contributed by atoms with E-state index in [-0.39, 0.29) is 5.75 Å². The van der Waals surface area contributed by atoms with Gasteiger partial charge in [-0.25, -0.2) is 0 Å². The number of rotatable bonds is 1. The van der Waals surface area contributed by atoms with Crippen LogP contribution in [0.3, 0.4) is 0 Å². The lowest BCUT2D eigenvalue weighted by molar-refractivity contribution is 0.480. The zero-order valence-electron chi connectivity index (χ0n) is 7.14. The lowest BCUT2D eigenvalue weighted by Crippen LogP contribution is -1.78. The van der Waals surface area contributed by atoms with Crippen LogP contribution in [0, 0.1) is 0 Å². The minimum Gasteiger partial charge on any atom is -0.506 e. The molecule has 0 saturated heterocycles. The van der Waals surface area contributed by atoms with Crippen molar-refractivity contribution in [3.8, 4) is 5.75 Å². The van der Waals surface area contributed by atoms with Crippen molar-refractivity contribution >= 4 is 34.0 Å². The zero-order valence-corrected chi connectivity index (χ0v) is 7.95. The van der Waals surface area contributed by atoms with Gasteiger partial charge in [-0.1, -0.05) is 0 Å². The zero-order chi connectivity index (χ0) is 9.97. The number of pyridine rings is 1. The van der Waals surface area contributed by atoms with Crippen LogP contribution in [0.4, 0.5) is 5.69 Å². The summed E-state index contributed by atoms with van der Waals surface area (Å²) in [7, 11) is 0. The first-order valence-electron chi connectivity index (χ1n) is 3.97.